The fourth-order valence-corrected chi connectivity index (χ4v) is 8.72. The van der Waals surface area contributed by atoms with Gasteiger partial charge in [0.1, 0.15) is 13.2 Å². The number of fused-ring (bicyclic) bond motifs is 5. The van der Waals surface area contributed by atoms with Gasteiger partial charge in [-0.25, -0.2) is 0 Å². The number of aliphatic imine (C=N–C) groups is 1. The molecule has 0 saturated carbocycles. The minimum Gasteiger partial charge on any atom is -0.493 e. The molecule has 0 unspecified atom stereocenters. The maximum absolute atomic E-state index is 14.0. The normalized spacial score (nSPS) is 15.2. The lowest BCUT2D eigenvalue weighted by molar-refractivity contribution is -0.116. The highest BCUT2D eigenvalue weighted by Crippen LogP contribution is 2.42. The van der Waals surface area contributed by atoms with Gasteiger partial charge in [-0.1, -0.05) is 50.2 Å². The van der Waals surface area contributed by atoms with Crippen molar-refractivity contribution < 1.29 is 33.3 Å². The predicted octanol–water partition coefficient (Wildman–Crippen LogP) is 9.64. The van der Waals surface area contributed by atoms with Crippen LogP contribution in [-0.4, -0.2) is 68.3 Å². The van der Waals surface area contributed by atoms with Crippen molar-refractivity contribution in [2.75, 3.05) is 54.0 Å². The van der Waals surface area contributed by atoms with Crippen LogP contribution in [0.5, 0.6) is 23.0 Å². The van der Waals surface area contributed by atoms with Crippen molar-refractivity contribution in [1.82, 2.24) is 0 Å². The lowest BCUT2D eigenvalue weighted by atomic mass is 10.1. The summed E-state index contributed by atoms with van der Waals surface area (Å²) in [5.41, 5.74) is 8.28. The molecule has 326 valence electrons. The average Bonchev–Trinajstić information content (AvgIpc) is 3.87. The van der Waals surface area contributed by atoms with Crippen LogP contribution in [0.4, 0.5) is 28.4 Å². The molecule has 5 aromatic rings. The summed E-state index contributed by atoms with van der Waals surface area (Å²) in [7, 11) is 3.10. The predicted molar refractivity (Wildman–Crippen MR) is 251 cm³/mol. The van der Waals surface area contributed by atoms with Crippen molar-refractivity contribution in [3.63, 3.8) is 0 Å². The highest BCUT2D eigenvalue weighted by Gasteiger charge is 2.38. The molecule has 5 aromatic carbocycles. The molecule has 13 heteroatoms. The van der Waals surface area contributed by atoms with E-state index in [1.807, 2.05) is 77.9 Å². The number of para-hydroxylation sites is 2. The molecule has 12 nitrogen and oxygen atoms in total. The second-order valence-electron chi connectivity index (χ2n) is 16.5. The van der Waals surface area contributed by atoms with E-state index in [-0.39, 0.29) is 41.7 Å². The van der Waals surface area contributed by atoms with E-state index in [4.69, 9.17) is 18.9 Å². The van der Waals surface area contributed by atoms with E-state index in [2.05, 4.69) is 35.5 Å². The summed E-state index contributed by atoms with van der Waals surface area (Å²) >= 11 is 1.73. The van der Waals surface area contributed by atoms with Gasteiger partial charge in [-0.2, -0.15) is 11.8 Å². The van der Waals surface area contributed by atoms with Gasteiger partial charge in [-0.15, -0.1) is 0 Å². The standard InChI is InChI=1S/C50H53N5O7S/c1-7-51-39-26-45(43(59-4)24-37(39)48(57)54-19-17-33-12-8-10-14-41(33)54)61-29-31-20-32(22-35(21-31)53-47(56)16-18-50(2,3)63-6)30-62-46-27-40-38(25-44(46)60-5)49(58)55-36(28-52-40)23-34-13-9-11-15-42(34)55/h7-15,20-22,24-27,36,52H,16-19,23,28-30H2,1-6H3,(H,53,56)/t36-/m0/s1. The lowest BCUT2D eigenvalue weighted by Crippen LogP contribution is -2.39. The van der Waals surface area contributed by atoms with Crippen LogP contribution in [-0.2, 0) is 30.8 Å². The summed E-state index contributed by atoms with van der Waals surface area (Å²) in [5, 5.41) is 6.59. The highest BCUT2D eigenvalue weighted by atomic mass is 32.2. The minimum atomic E-state index is -0.168. The van der Waals surface area contributed by atoms with Crippen LogP contribution in [0.1, 0.15) is 76.6 Å². The number of ether oxygens (including phenoxy) is 4. The first-order valence-electron chi connectivity index (χ1n) is 21.2. The highest BCUT2D eigenvalue weighted by molar-refractivity contribution is 7.99. The van der Waals surface area contributed by atoms with Crippen molar-refractivity contribution in [1.29, 1.82) is 0 Å². The number of benzene rings is 5. The summed E-state index contributed by atoms with van der Waals surface area (Å²) in [6.45, 7) is 7.44. The van der Waals surface area contributed by atoms with Gasteiger partial charge < -0.3 is 39.4 Å². The third kappa shape index (κ3) is 9.20. The number of carbonyl (C=O) groups is 3. The summed E-state index contributed by atoms with van der Waals surface area (Å²) in [6, 6.07) is 28.6. The number of anilines is 4. The molecular weight excluding hydrogens is 815 g/mol. The Morgan fingerprint density at radius 2 is 1.54 bits per heavy atom. The first-order valence-corrected chi connectivity index (χ1v) is 22.4. The molecule has 0 fully saturated rings. The van der Waals surface area contributed by atoms with Gasteiger partial charge in [0, 0.05) is 59.7 Å². The zero-order valence-electron chi connectivity index (χ0n) is 36.6. The third-order valence-electron chi connectivity index (χ3n) is 11.9. The molecular formula is C50H53N5O7S. The van der Waals surface area contributed by atoms with Gasteiger partial charge in [0.15, 0.2) is 23.0 Å². The number of hydrogen-bond acceptors (Lipinski definition) is 10. The number of rotatable bonds is 15. The average molecular weight is 868 g/mol. The number of hydrogen-bond donors (Lipinski definition) is 2. The second kappa shape index (κ2) is 18.5. The molecule has 3 aliphatic heterocycles. The molecule has 0 spiro atoms. The summed E-state index contributed by atoms with van der Waals surface area (Å²) in [4.78, 5) is 49.6. The van der Waals surface area contributed by atoms with Crippen LogP contribution >= 0.6 is 11.8 Å². The molecule has 0 bridgehead atoms. The summed E-state index contributed by atoms with van der Waals surface area (Å²) < 4.78 is 24.4. The Bertz CT molecular complexity index is 2590. The van der Waals surface area contributed by atoms with E-state index in [1.165, 1.54) is 0 Å². The quantitative estimate of drug-likeness (QED) is 0.0988. The Balaban J connectivity index is 1.05. The van der Waals surface area contributed by atoms with E-state index in [9.17, 15) is 14.4 Å². The Morgan fingerprint density at radius 3 is 2.24 bits per heavy atom. The van der Waals surface area contributed by atoms with E-state index in [1.54, 1.807) is 62.2 Å². The van der Waals surface area contributed by atoms with Crippen molar-refractivity contribution in [3.05, 3.63) is 124 Å². The van der Waals surface area contributed by atoms with E-state index in [0.717, 1.165) is 46.5 Å². The maximum Gasteiger partial charge on any atom is 0.260 e. The Hall–Kier alpha value is -6.47. The van der Waals surface area contributed by atoms with Gasteiger partial charge in [0.25, 0.3) is 11.8 Å². The van der Waals surface area contributed by atoms with Crippen LogP contribution in [0.3, 0.4) is 0 Å². The Kier molecular flexibility index (Phi) is 12.7. The van der Waals surface area contributed by atoms with Gasteiger partial charge in [-0.05, 0) is 97.2 Å². The second-order valence-corrected chi connectivity index (χ2v) is 18.0. The van der Waals surface area contributed by atoms with Gasteiger partial charge in [-0.3, -0.25) is 19.4 Å². The molecule has 3 aliphatic rings. The van der Waals surface area contributed by atoms with Crippen molar-refractivity contribution >= 4 is 64.1 Å². The van der Waals surface area contributed by atoms with Crippen LogP contribution in [0, 0.1) is 0 Å². The van der Waals surface area contributed by atoms with E-state index < -0.39 is 0 Å². The molecule has 1 atom stereocenters. The van der Waals surface area contributed by atoms with Gasteiger partial charge in [0.2, 0.25) is 5.91 Å². The Labute approximate surface area is 373 Å². The smallest absolute Gasteiger partial charge is 0.260 e. The maximum atomic E-state index is 14.0. The van der Waals surface area contributed by atoms with Gasteiger partial charge in [0.05, 0.1) is 42.8 Å². The van der Waals surface area contributed by atoms with Crippen molar-refractivity contribution in [2.45, 2.75) is 70.5 Å². The Morgan fingerprint density at radius 1 is 0.873 bits per heavy atom. The summed E-state index contributed by atoms with van der Waals surface area (Å²) in [5.74, 6) is 1.32. The fourth-order valence-electron chi connectivity index (χ4n) is 8.41. The minimum absolute atomic E-state index is 0.0116. The first kappa shape index (κ1) is 43.2. The number of carbonyl (C=O) groups excluding carboxylic acids is 3. The number of amides is 3. The molecule has 0 radical (unpaired) electrons. The zero-order valence-corrected chi connectivity index (χ0v) is 37.4. The van der Waals surface area contributed by atoms with Crippen LogP contribution in [0.25, 0.3) is 0 Å². The van der Waals surface area contributed by atoms with Gasteiger partial charge >= 0.3 is 0 Å². The first-order chi connectivity index (χ1) is 30.5. The number of thioether (sulfide) groups is 1. The van der Waals surface area contributed by atoms with Crippen LogP contribution in [0.2, 0.25) is 0 Å². The molecule has 2 N–H and O–H groups in total. The molecule has 0 saturated heterocycles. The third-order valence-corrected chi connectivity index (χ3v) is 13.2. The van der Waals surface area contributed by atoms with Crippen molar-refractivity contribution in [2.24, 2.45) is 4.99 Å². The molecule has 0 aliphatic carbocycles. The SMILES string of the molecule is CC=Nc1cc(OCc2cc(COc3cc4c(cc3OC)C(=O)N3c5ccccc5C[C@H]3CN4)cc(NC(=O)CCC(C)(C)SC)c2)c(OC)cc1C(=O)N1CCc2ccccc21. The monoisotopic (exact) mass is 867 g/mol. The largest absolute Gasteiger partial charge is 0.493 e. The number of nitrogens with one attached hydrogen (secondary N) is 2. The van der Waals surface area contributed by atoms with Crippen molar-refractivity contribution in [3.8, 4) is 23.0 Å². The lowest BCUT2D eigenvalue weighted by Gasteiger charge is -2.22. The molecule has 63 heavy (non-hydrogen) atoms. The number of methoxy groups -OCH3 is 2. The van der Waals surface area contributed by atoms with E-state index in [0.29, 0.717) is 77.1 Å². The number of nitrogens with zero attached hydrogens (tertiary/aromatic N) is 3. The van der Waals surface area contributed by atoms with E-state index >= 15 is 0 Å². The zero-order chi connectivity index (χ0) is 44.3. The molecule has 3 amide bonds. The topological polar surface area (TPSA) is 131 Å². The fraction of sp³-hybridized carbons (Fsp3) is 0.320. The summed E-state index contributed by atoms with van der Waals surface area (Å²) in [6.07, 6.45) is 6.32. The molecule has 8 rings (SSSR count). The molecule has 0 aromatic heterocycles. The molecule has 3 heterocycles. The van der Waals surface area contributed by atoms with Crippen LogP contribution in [0.15, 0.2) is 96.0 Å². The van der Waals surface area contributed by atoms with Crippen LogP contribution < -0.4 is 39.4 Å².